The SMILES string of the molecule is CCOc1ccc(N2C(=O)C(=O)/C(=C(\O)c3ccccc3)C2c2cccnc2)cc1. The van der Waals surface area contributed by atoms with Crippen molar-refractivity contribution in [3.63, 3.8) is 0 Å². The van der Waals surface area contributed by atoms with Crippen molar-refractivity contribution in [2.24, 2.45) is 0 Å². The third-order valence-electron chi connectivity index (χ3n) is 4.92. The normalized spacial score (nSPS) is 17.9. The molecule has 6 heteroatoms. The predicted octanol–water partition coefficient (Wildman–Crippen LogP) is 4.11. The van der Waals surface area contributed by atoms with Crippen LogP contribution in [0.15, 0.2) is 84.7 Å². The van der Waals surface area contributed by atoms with E-state index in [4.69, 9.17) is 4.74 Å². The molecule has 1 aromatic heterocycles. The molecule has 4 rings (SSSR count). The van der Waals surface area contributed by atoms with Gasteiger partial charge in [-0.3, -0.25) is 19.5 Å². The molecule has 30 heavy (non-hydrogen) atoms. The summed E-state index contributed by atoms with van der Waals surface area (Å²) in [6.45, 7) is 2.41. The van der Waals surface area contributed by atoms with Crippen molar-refractivity contribution in [2.75, 3.05) is 11.5 Å². The summed E-state index contributed by atoms with van der Waals surface area (Å²) in [5.41, 5.74) is 1.66. The lowest BCUT2D eigenvalue weighted by Gasteiger charge is -2.25. The molecule has 2 heterocycles. The summed E-state index contributed by atoms with van der Waals surface area (Å²) in [5.74, 6) is -0.985. The van der Waals surface area contributed by atoms with E-state index in [2.05, 4.69) is 4.98 Å². The number of nitrogens with zero attached hydrogens (tertiary/aromatic N) is 2. The van der Waals surface area contributed by atoms with Crippen LogP contribution >= 0.6 is 0 Å². The van der Waals surface area contributed by atoms with Gasteiger partial charge in [-0.15, -0.1) is 0 Å². The minimum absolute atomic E-state index is 0.0353. The Morgan fingerprint density at radius 1 is 1.03 bits per heavy atom. The number of carbonyl (C=O) groups excluding carboxylic acids is 2. The van der Waals surface area contributed by atoms with E-state index < -0.39 is 17.7 Å². The molecule has 1 saturated heterocycles. The van der Waals surface area contributed by atoms with Crippen LogP contribution in [0.5, 0.6) is 5.75 Å². The summed E-state index contributed by atoms with van der Waals surface area (Å²) in [4.78, 5) is 31.6. The molecule has 1 fully saturated rings. The molecule has 1 N–H and O–H groups in total. The molecule has 0 radical (unpaired) electrons. The first kappa shape index (κ1) is 19.4. The minimum Gasteiger partial charge on any atom is -0.507 e. The van der Waals surface area contributed by atoms with Gasteiger partial charge in [0, 0.05) is 23.6 Å². The number of pyridine rings is 1. The summed E-state index contributed by atoms with van der Waals surface area (Å²) < 4.78 is 5.47. The molecule has 0 saturated carbocycles. The lowest BCUT2D eigenvalue weighted by atomic mass is 9.96. The number of Topliss-reactive ketones (excluding diaryl/α,β-unsaturated/α-hetero) is 1. The number of benzene rings is 2. The standard InChI is InChI=1S/C24H20N2O4/c1-2-30-19-12-10-18(11-13-19)26-21(17-9-6-14-25-15-17)20(23(28)24(26)29)22(27)16-7-4-3-5-8-16/h3-15,21,27H,2H2,1H3/b22-20-. The molecular formula is C24H20N2O4. The van der Waals surface area contributed by atoms with Crippen molar-refractivity contribution >= 4 is 23.1 Å². The molecule has 6 nitrogen and oxygen atoms in total. The number of rotatable bonds is 5. The number of aliphatic hydroxyl groups excluding tert-OH is 1. The number of amides is 1. The number of aromatic nitrogens is 1. The first-order chi connectivity index (χ1) is 14.6. The van der Waals surface area contributed by atoms with Gasteiger partial charge in [0.1, 0.15) is 11.5 Å². The molecule has 1 atom stereocenters. The molecule has 150 valence electrons. The number of anilines is 1. The highest BCUT2D eigenvalue weighted by molar-refractivity contribution is 6.51. The fraction of sp³-hybridized carbons (Fsp3) is 0.125. The molecule has 1 unspecified atom stereocenters. The van der Waals surface area contributed by atoms with E-state index in [1.165, 1.54) is 4.90 Å². The second kappa shape index (κ2) is 8.21. The average Bonchev–Trinajstić information content (AvgIpc) is 3.06. The highest BCUT2D eigenvalue weighted by atomic mass is 16.5. The Balaban J connectivity index is 1.87. The van der Waals surface area contributed by atoms with Crippen LogP contribution in [-0.2, 0) is 9.59 Å². The maximum Gasteiger partial charge on any atom is 0.300 e. The third-order valence-corrected chi connectivity index (χ3v) is 4.92. The molecule has 0 bridgehead atoms. The Bertz CT molecular complexity index is 1090. The van der Waals surface area contributed by atoms with E-state index in [-0.39, 0.29) is 11.3 Å². The molecule has 0 spiro atoms. The van der Waals surface area contributed by atoms with Crippen molar-refractivity contribution in [1.82, 2.24) is 4.98 Å². The van der Waals surface area contributed by atoms with Crippen LogP contribution in [0.25, 0.3) is 5.76 Å². The molecular weight excluding hydrogens is 380 g/mol. The fourth-order valence-corrected chi connectivity index (χ4v) is 3.57. The maximum atomic E-state index is 13.0. The van der Waals surface area contributed by atoms with E-state index in [0.717, 1.165) is 0 Å². The largest absolute Gasteiger partial charge is 0.507 e. The minimum atomic E-state index is -0.795. The van der Waals surface area contributed by atoms with Crippen LogP contribution in [0.3, 0.4) is 0 Å². The number of aliphatic hydroxyl groups is 1. The van der Waals surface area contributed by atoms with E-state index in [1.807, 2.05) is 13.0 Å². The van der Waals surface area contributed by atoms with Crippen molar-refractivity contribution < 1.29 is 19.4 Å². The van der Waals surface area contributed by atoms with E-state index >= 15 is 0 Å². The van der Waals surface area contributed by atoms with Gasteiger partial charge >= 0.3 is 0 Å². The van der Waals surface area contributed by atoms with E-state index in [9.17, 15) is 14.7 Å². The summed E-state index contributed by atoms with van der Waals surface area (Å²) in [5, 5.41) is 11.0. The first-order valence-electron chi connectivity index (χ1n) is 9.61. The summed E-state index contributed by atoms with van der Waals surface area (Å²) in [6.07, 6.45) is 3.21. The van der Waals surface area contributed by atoms with Gasteiger partial charge in [-0.2, -0.15) is 0 Å². The van der Waals surface area contributed by atoms with E-state index in [1.54, 1.807) is 73.1 Å². The lowest BCUT2D eigenvalue weighted by Crippen LogP contribution is -2.29. The van der Waals surface area contributed by atoms with Crippen molar-refractivity contribution in [3.05, 3.63) is 95.8 Å². The highest BCUT2D eigenvalue weighted by Crippen LogP contribution is 2.42. The van der Waals surface area contributed by atoms with Gasteiger partial charge in [0.15, 0.2) is 0 Å². The van der Waals surface area contributed by atoms with Gasteiger partial charge < -0.3 is 9.84 Å². The van der Waals surface area contributed by atoms with E-state index in [0.29, 0.717) is 29.2 Å². The molecule has 1 aliphatic heterocycles. The van der Waals surface area contributed by atoms with Crippen LogP contribution in [0, 0.1) is 0 Å². The smallest absolute Gasteiger partial charge is 0.300 e. The second-order valence-corrected chi connectivity index (χ2v) is 6.75. The zero-order chi connectivity index (χ0) is 21.1. The number of hydrogen-bond donors (Lipinski definition) is 1. The van der Waals surface area contributed by atoms with Crippen LogP contribution in [0.4, 0.5) is 5.69 Å². The van der Waals surface area contributed by atoms with Gasteiger partial charge in [0.2, 0.25) is 0 Å². The molecule has 1 amide bonds. The number of hydrogen-bond acceptors (Lipinski definition) is 5. The monoisotopic (exact) mass is 400 g/mol. The Labute approximate surface area is 174 Å². The van der Waals surface area contributed by atoms with Gasteiger partial charge in [0.05, 0.1) is 18.2 Å². The van der Waals surface area contributed by atoms with Gasteiger partial charge in [0.25, 0.3) is 11.7 Å². The van der Waals surface area contributed by atoms with Crippen molar-refractivity contribution in [1.29, 1.82) is 0 Å². The highest BCUT2D eigenvalue weighted by Gasteiger charge is 2.47. The average molecular weight is 400 g/mol. The van der Waals surface area contributed by atoms with Gasteiger partial charge in [-0.1, -0.05) is 36.4 Å². The Hall–Kier alpha value is -3.93. The molecule has 3 aromatic rings. The number of ether oxygens (including phenoxy) is 1. The second-order valence-electron chi connectivity index (χ2n) is 6.75. The number of carbonyl (C=O) groups is 2. The number of ketones is 1. The predicted molar refractivity (Wildman–Crippen MR) is 113 cm³/mol. The van der Waals surface area contributed by atoms with Crippen LogP contribution < -0.4 is 9.64 Å². The third kappa shape index (κ3) is 3.43. The van der Waals surface area contributed by atoms with Gasteiger partial charge in [-0.25, -0.2) is 0 Å². The fourth-order valence-electron chi connectivity index (χ4n) is 3.57. The Morgan fingerprint density at radius 2 is 1.77 bits per heavy atom. The summed E-state index contributed by atoms with van der Waals surface area (Å²) in [7, 11) is 0. The summed E-state index contributed by atoms with van der Waals surface area (Å²) >= 11 is 0. The zero-order valence-corrected chi connectivity index (χ0v) is 16.4. The van der Waals surface area contributed by atoms with Crippen LogP contribution in [0.1, 0.15) is 24.1 Å². The van der Waals surface area contributed by atoms with Crippen molar-refractivity contribution in [2.45, 2.75) is 13.0 Å². The molecule has 1 aliphatic rings. The lowest BCUT2D eigenvalue weighted by molar-refractivity contribution is -0.132. The summed E-state index contributed by atoms with van der Waals surface area (Å²) in [6, 6.07) is 18.4. The molecule has 0 aliphatic carbocycles. The zero-order valence-electron chi connectivity index (χ0n) is 16.4. The van der Waals surface area contributed by atoms with Gasteiger partial charge in [-0.05, 0) is 42.8 Å². The van der Waals surface area contributed by atoms with Crippen LogP contribution in [-0.4, -0.2) is 28.4 Å². The first-order valence-corrected chi connectivity index (χ1v) is 9.61. The quantitative estimate of drug-likeness (QED) is 0.396. The van der Waals surface area contributed by atoms with Crippen molar-refractivity contribution in [3.8, 4) is 5.75 Å². The topological polar surface area (TPSA) is 79.7 Å². The Morgan fingerprint density at radius 3 is 2.40 bits per heavy atom. The maximum absolute atomic E-state index is 13.0. The molecule has 2 aromatic carbocycles. The Kier molecular flexibility index (Phi) is 5.30. The van der Waals surface area contributed by atoms with Crippen LogP contribution in [0.2, 0.25) is 0 Å².